The van der Waals surface area contributed by atoms with Crippen LogP contribution in [0.15, 0.2) is 34.9 Å². The first-order valence-electron chi connectivity index (χ1n) is 6.19. The second-order valence-electron chi connectivity index (χ2n) is 5.02. The van der Waals surface area contributed by atoms with Gasteiger partial charge in [-0.3, -0.25) is 4.98 Å². The van der Waals surface area contributed by atoms with E-state index in [0.717, 1.165) is 21.1 Å². The molecule has 0 saturated carbocycles. The first-order valence-corrected chi connectivity index (χ1v) is 6.99. The number of aliphatic hydroxyl groups excluding tert-OH is 1. The van der Waals surface area contributed by atoms with Gasteiger partial charge in [0.25, 0.3) is 0 Å². The van der Waals surface area contributed by atoms with Crippen molar-refractivity contribution in [2.24, 2.45) is 5.41 Å². The molecular formula is C14H15BrN2O2. The fraction of sp³-hybridized carbons (Fsp3) is 0.357. The maximum atomic E-state index is 9.43. The number of rotatable bonds is 4. The van der Waals surface area contributed by atoms with Crippen LogP contribution in [0.5, 0.6) is 0 Å². The number of benzene rings is 1. The van der Waals surface area contributed by atoms with Crippen molar-refractivity contribution >= 4 is 32.5 Å². The predicted molar refractivity (Wildman–Crippen MR) is 78.3 cm³/mol. The van der Waals surface area contributed by atoms with Crippen LogP contribution >= 0.6 is 15.9 Å². The topological polar surface area (TPSA) is 54.4 Å². The van der Waals surface area contributed by atoms with Crippen molar-refractivity contribution in [3.63, 3.8) is 0 Å². The van der Waals surface area contributed by atoms with Crippen molar-refractivity contribution in [3.8, 4) is 0 Å². The third kappa shape index (κ3) is 2.45. The highest BCUT2D eigenvalue weighted by Crippen LogP contribution is 2.29. The van der Waals surface area contributed by atoms with Gasteiger partial charge in [0.05, 0.1) is 30.8 Å². The number of hydrogen-bond donors (Lipinski definition) is 2. The van der Waals surface area contributed by atoms with Crippen LogP contribution in [0, 0.1) is 5.41 Å². The van der Waals surface area contributed by atoms with Crippen LogP contribution in [0.25, 0.3) is 10.9 Å². The minimum Gasteiger partial charge on any atom is -0.396 e. The summed E-state index contributed by atoms with van der Waals surface area (Å²) in [5.74, 6) is 0. The maximum absolute atomic E-state index is 9.43. The average molecular weight is 323 g/mol. The van der Waals surface area contributed by atoms with Gasteiger partial charge in [-0.15, -0.1) is 0 Å². The van der Waals surface area contributed by atoms with Gasteiger partial charge in [0.2, 0.25) is 0 Å². The summed E-state index contributed by atoms with van der Waals surface area (Å²) in [4.78, 5) is 4.35. The van der Waals surface area contributed by atoms with E-state index in [-0.39, 0.29) is 12.0 Å². The molecule has 0 atom stereocenters. The number of fused-ring (bicyclic) bond motifs is 1. The van der Waals surface area contributed by atoms with E-state index >= 15 is 0 Å². The fourth-order valence-corrected chi connectivity index (χ4v) is 2.56. The molecule has 0 spiro atoms. The number of aliphatic hydroxyl groups is 1. The van der Waals surface area contributed by atoms with Gasteiger partial charge in [0.1, 0.15) is 0 Å². The molecule has 1 aliphatic heterocycles. The van der Waals surface area contributed by atoms with Crippen molar-refractivity contribution in [3.05, 3.63) is 34.9 Å². The van der Waals surface area contributed by atoms with Crippen LogP contribution in [0.2, 0.25) is 0 Å². The molecule has 2 heterocycles. The molecule has 1 aliphatic rings. The number of aromatic nitrogens is 1. The van der Waals surface area contributed by atoms with Crippen molar-refractivity contribution in [1.82, 2.24) is 4.98 Å². The highest BCUT2D eigenvalue weighted by Gasteiger charge is 2.37. The minimum absolute atomic E-state index is 0.137. The monoisotopic (exact) mass is 322 g/mol. The molecule has 2 aromatic rings. The number of pyridine rings is 1. The molecule has 1 saturated heterocycles. The molecule has 0 unspecified atom stereocenters. The van der Waals surface area contributed by atoms with E-state index in [9.17, 15) is 5.11 Å². The van der Waals surface area contributed by atoms with Gasteiger partial charge in [0.15, 0.2) is 0 Å². The van der Waals surface area contributed by atoms with E-state index in [1.807, 2.05) is 24.3 Å². The van der Waals surface area contributed by atoms with Gasteiger partial charge in [-0.25, -0.2) is 0 Å². The van der Waals surface area contributed by atoms with Gasteiger partial charge in [0, 0.05) is 28.3 Å². The Morgan fingerprint density at radius 2 is 2.21 bits per heavy atom. The molecule has 100 valence electrons. The summed E-state index contributed by atoms with van der Waals surface area (Å²) in [5, 5.41) is 13.9. The smallest absolute Gasteiger partial charge is 0.0723 e. The van der Waals surface area contributed by atoms with E-state index < -0.39 is 0 Å². The summed E-state index contributed by atoms with van der Waals surface area (Å²) in [6.07, 6.45) is 1.79. The summed E-state index contributed by atoms with van der Waals surface area (Å²) in [6.45, 7) is 2.08. The van der Waals surface area contributed by atoms with Gasteiger partial charge >= 0.3 is 0 Å². The number of nitrogens with zero attached hydrogens (tertiary/aromatic N) is 1. The Balaban J connectivity index is 1.86. The Morgan fingerprint density at radius 1 is 1.37 bits per heavy atom. The number of halogens is 1. The van der Waals surface area contributed by atoms with Crippen molar-refractivity contribution < 1.29 is 9.84 Å². The summed E-state index contributed by atoms with van der Waals surface area (Å²) in [6, 6.07) is 7.97. The quantitative estimate of drug-likeness (QED) is 0.907. The first kappa shape index (κ1) is 12.8. The fourth-order valence-electron chi connectivity index (χ4n) is 2.20. The zero-order valence-corrected chi connectivity index (χ0v) is 12.0. The highest BCUT2D eigenvalue weighted by molar-refractivity contribution is 9.10. The van der Waals surface area contributed by atoms with Crippen LogP contribution in [-0.4, -0.2) is 36.5 Å². The van der Waals surface area contributed by atoms with E-state index in [1.165, 1.54) is 0 Å². The summed E-state index contributed by atoms with van der Waals surface area (Å²) in [7, 11) is 0. The van der Waals surface area contributed by atoms with Crippen LogP contribution in [0.4, 0.5) is 5.69 Å². The predicted octanol–water partition coefficient (Wildman–Crippen LogP) is 2.42. The van der Waals surface area contributed by atoms with E-state index in [4.69, 9.17) is 4.74 Å². The summed E-state index contributed by atoms with van der Waals surface area (Å²) >= 11 is 3.48. The van der Waals surface area contributed by atoms with Crippen LogP contribution in [-0.2, 0) is 4.74 Å². The normalized spacial score (nSPS) is 17.2. The lowest BCUT2D eigenvalue weighted by atomic mass is 9.87. The van der Waals surface area contributed by atoms with Gasteiger partial charge in [-0.05, 0) is 24.3 Å². The largest absolute Gasteiger partial charge is 0.396 e. The highest BCUT2D eigenvalue weighted by atomic mass is 79.9. The number of anilines is 1. The second kappa shape index (κ2) is 5.07. The number of nitrogens with one attached hydrogen (secondary N) is 1. The molecule has 0 radical (unpaired) electrons. The summed E-state index contributed by atoms with van der Waals surface area (Å²) < 4.78 is 6.23. The molecule has 4 nitrogen and oxygen atoms in total. The SMILES string of the molecule is OCC1(CNc2ccnc3ccc(Br)cc23)COC1. The van der Waals surface area contributed by atoms with E-state index in [0.29, 0.717) is 19.8 Å². The number of hydrogen-bond acceptors (Lipinski definition) is 4. The zero-order valence-electron chi connectivity index (χ0n) is 10.4. The Labute approximate surface area is 119 Å². The second-order valence-corrected chi connectivity index (χ2v) is 5.94. The van der Waals surface area contributed by atoms with Crippen molar-refractivity contribution in [2.45, 2.75) is 0 Å². The molecule has 1 aromatic heterocycles. The molecule has 19 heavy (non-hydrogen) atoms. The van der Waals surface area contributed by atoms with Crippen LogP contribution < -0.4 is 5.32 Å². The lowest BCUT2D eigenvalue weighted by molar-refractivity contribution is -0.128. The van der Waals surface area contributed by atoms with Crippen molar-refractivity contribution in [1.29, 1.82) is 0 Å². The summed E-state index contributed by atoms with van der Waals surface area (Å²) in [5.41, 5.74) is 1.85. The molecule has 0 amide bonds. The Morgan fingerprint density at radius 3 is 2.89 bits per heavy atom. The third-order valence-electron chi connectivity index (χ3n) is 3.51. The molecule has 3 rings (SSSR count). The Kier molecular flexibility index (Phi) is 3.43. The number of ether oxygens (including phenoxy) is 1. The van der Waals surface area contributed by atoms with Crippen LogP contribution in [0.1, 0.15) is 0 Å². The molecule has 1 aromatic carbocycles. The average Bonchev–Trinajstić information content (AvgIpc) is 2.38. The molecule has 0 bridgehead atoms. The van der Waals surface area contributed by atoms with Gasteiger partial charge in [-0.2, -0.15) is 0 Å². The molecule has 2 N–H and O–H groups in total. The molecule has 0 aliphatic carbocycles. The molecule has 5 heteroatoms. The molecule has 1 fully saturated rings. The van der Waals surface area contributed by atoms with E-state index in [1.54, 1.807) is 6.20 Å². The Hall–Kier alpha value is -1.17. The first-order chi connectivity index (χ1) is 9.22. The Bertz CT molecular complexity index is 594. The van der Waals surface area contributed by atoms with Crippen molar-refractivity contribution in [2.75, 3.05) is 31.7 Å². The van der Waals surface area contributed by atoms with Gasteiger partial charge in [-0.1, -0.05) is 15.9 Å². The van der Waals surface area contributed by atoms with E-state index in [2.05, 4.69) is 26.2 Å². The van der Waals surface area contributed by atoms with Gasteiger partial charge < -0.3 is 15.2 Å². The maximum Gasteiger partial charge on any atom is 0.0723 e. The zero-order chi connectivity index (χ0) is 13.3. The van der Waals surface area contributed by atoms with Crippen LogP contribution in [0.3, 0.4) is 0 Å². The third-order valence-corrected chi connectivity index (χ3v) is 4.00. The lowest BCUT2D eigenvalue weighted by Crippen LogP contribution is -2.50. The minimum atomic E-state index is -0.137. The lowest BCUT2D eigenvalue weighted by Gasteiger charge is -2.40. The molecular weight excluding hydrogens is 308 g/mol. The standard InChI is InChI=1S/C14H15BrN2O2/c15-10-1-2-12-11(5-10)13(3-4-16-12)17-6-14(7-18)8-19-9-14/h1-5,18H,6-9H2,(H,16,17).